The van der Waals surface area contributed by atoms with Gasteiger partial charge in [-0.1, -0.05) is 0 Å². The van der Waals surface area contributed by atoms with Gasteiger partial charge in [-0.2, -0.15) is 22.0 Å². The Morgan fingerprint density at radius 1 is 1.24 bits per heavy atom. The number of alkyl halides is 5. The van der Waals surface area contributed by atoms with Crippen LogP contribution in [0.25, 0.3) is 0 Å². The molecule has 1 N–H and O–H groups in total. The minimum atomic E-state index is -4.97. The van der Waals surface area contributed by atoms with E-state index in [2.05, 4.69) is 0 Å². The molecule has 1 aromatic rings. The van der Waals surface area contributed by atoms with Crippen LogP contribution in [-0.2, 0) is 23.4 Å². The van der Waals surface area contributed by atoms with E-state index in [1.807, 2.05) is 0 Å². The van der Waals surface area contributed by atoms with E-state index < -0.39 is 46.2 Å². The molecular formula is C12H8F5NO3. The number of carboxylic acids is 1. The van der Waals surface area contributed by atoms with Crippen molar-refractivity contribution in [3.8, 4) is 0 Å². The number of hydrogen-bond donors (Lipinski definition) is 1. The minimum Gasteiger partial charge on any atom is -0.477 e. The fourth-order valence-corrected chi connectivity index (χ4v) is 2.11. The molecule has 0 saturated carbocycles. The van der Waals surface area contributed by atoms with Crippen molar-refractivity contribution in [2.45, 2.75) is 18.6 Å². The van der Waals surface area contributed by atoms with Gasteiger partial charge in [0, 0.05) is 24.7 Å². The Labute approximate surface area is 114 Å². The first-order chi connectivity index (χ1) is 9.46. The average molecular weight is 309 g/mol. The lowest BCUT2D eigenvalue weighted by Crippen LogP contribution is -2.26. The first-order valence-corrected chi connectivity index (χ1v) is 5.57. The van der Waals surface area contributed by atoms with Crippen LogP contribution in [0, 0.1) is 0 Å². The van der Waals surface area contributed by atoms with Gasteiger partial charge in [-0.15, -0.1) is 0 Å². The molecule has 0 fully saturated rings. The number of halogens is 5. The summed E-state index contributed by atoms with van der Waals surface area (Å²) in [6, 6.07) is 0.587. The Kier molecular flexibility index (Phi) is 3.19. The summed E-state index contributed by atoms with van der Waals surface area (Å²) in [6.45, 7) is -0.373. The smallest absolute Gasteiger partial charge is 0.416 e. The largest absolute Gasteiger partial charge is 0.477 e. The molecule has 0 atom stereocenters. The number of hydrogen-bond acceptors (Lipinski definition) is 2. The SMILES string of the molecule is CN1Cc2c(cc(C(F)(F)C(=O)O)cc2C(F)(F)F)C1=O. The van der Waals surface area contributed by atoms with Crippen LogP contribution >= 0.6 is 0 Å². The van der Waals surface area contributed by atoms with Crippen LogP contribution in [0.4, 0.5) is 22.0 Å². The second kappa shape index (κ2) is 4.40. The van der Waals surface area contributed by atoms with Crippen molar-refractivity contribution >= 4 is 11.9 Å². The molecule has 1 aromatic carbocycles. The zero-order valence-corrected chi connectivity index (χ0v) is 10.5. The highest BCUT2D eigenvalue weighted by molar-refractivity contribution is 5.99. The molecule has 114 valence electrons. The summed E-state index contributed by atoms with van der Waals surface area (Å²) in [5.41, 5.74) is -3.78. The number of rotatable bonds is 2. The van der Waals surface area contributed by atoms with Crippen LogP contribution < -0.4 is 0 Å². The lowest BCUT2D eigenvalue weighted by molar-refractivity contribution is -0.166. The van der Waals surface area contributed by atoms with E-state index >= 15 is 0 Å². The number of nitrogens with zero attached hydrogens (tertiary/aromatic N) is 1. The van der Waals surface area contributed by atoms with E-state index in [1.165, 1.54) is 7.05 Å². The molecule has 1 aliphatic heterocycles. The van der Waals surface area contributed by atoms with Crippen LogP contribution in [0.3, 0.4) is 0 Å². The van der Waals surface area contributed by atoms with Gasteiger partial charge in [0.15, 0.2) is 0 Å². The van der Waals surface area contributed by atoms with E-state index in [1.54, 1.807) is 0 Å². The van der Waals surface area contributed by atoms with E-state index in [0.717, 1.165) is 4.90 Å². The fraction of sp³-hybridized carbons (Fsp3) is 0.333. The maximum atomic E-state index is 13.4. The first kappa shape index (κ1) is 15.2. The highest BCUT2D eigenvalue weighted by Gasteiger charge is 2.46. The standard InChI is InChI=1S/C12H8F5NO3/c1-18-4-7-6(9(18)19)2-5(11(13,14)10(20)21)3-8(7)12(15,16)17/h2-3H,4H2,1H3,(H,20,21). The number of carbonyl (C=O) groups is 2. The third-order valence-corrected chi connectivity index (χ3v) is 3.16. The van der Waals surface area contributed by atoms with Gasteiger partial charge in [0.1, 0.15) is 0 Å². The Morgan fingerprint density at radius 2 is 1.81 bits per heavy atom. The molecule has 0 bridgehead atoms. The second-order valence-electron chi connectivity index (χ2n) is 4.59. The minimum absolute atomic E-state index is 0.0827. The molecule has 1 heterocycles. The maximum absolute atomic E-state index is 13.4. The Balaban J connectivity index is 2.74. The number of benzene rings is 1. The van der Waals surface area contributed by atoms with E-state index in [-0.39, 0.29) is 12.6 Å². The molecule has 0 aromatic heterocycles. The van der Waals surface area contributed by atoms with Crippen molar-refractivity contribution in [2.75, 3.05) is 7.05 Å². The Hall–Kier alpha value is -2.19. The molecule has 0 unspecified atom stereocenters. The molecule has 0 radical (unpaired) electrons. The number of aliphatic carboxylic acids is 1. The van der Waals surface area contributed by atoms with Gasteiger partial charge in [-0.3, -0.25) is 4.79 Å². The van der Waals surface area contributed by atoms with Gasteiger partial charge in [-0.25, -0.2) is 4.79 Å². The van der Waals surface area contributed by atoms with Gasteiger partial charge in [0.25, 0.3) is 5.91 Å². The highest BCUT2D eigenvalue weighted by atomic mass is 19.4. The quantitative estimate of drug-likeness (QED) is 0.854. The van der Waals surface area contributed by atoms with Crippen LogP contribution in [0.1, 0.15) is 27.0 Å². The number of amides is 1. The predicted octanol–water partition coefficient (Wildman–Crippen LogP) is 2.47. The van der Waals surface area contributed by atoms with E-state index in [4.69, 9.17) is 5.11 Å². The van der Waals surface area contributed by atoms with Crippen LogP contribution in [-0.4, -0.2) is 28.9 Å². The van der Waals surface area contributed by atoms with E-state index in [9.17, 15) is 31.5 Å². The zero-order chi connectivity index (χ0) is 16.2. The van der Waals surface area contributed by atoms with Crippen molar-refractivity contribution in [1.82, 2.24) is 4.90 Å². The van der Waals surface area contributed by atoms with Crippen LogP contribution in [0.15, 0.2) is 12.1 Å². The summed E-state index contributed by atoms with van der Waals surface area (Å²) in [6.07, 6.45) is -4.97. The zero-order valence-electron chi connectivity index (χ0n) is 10.5. The normalized spacial score (nSPS) is 15.3. The predicted molar refractivity (Wildman–Crippen MR) is 58.8 cm³/mol. The van der Waals surface area contributed by atoms with E-state index in [0.29, 0.717) is 6.07 Å². The van der Waals surface area contributed by atoms with Crippen molar-refractivity contribution in [3.05, 3.63) is 34.4 Å². The monoisotopic (exact) mass is 309 g/mol. The molecule has 1 aliphatic rings. The Bertz CT molecular complexity index is 639. The van der Waals surface area contributed by atoms with Gasteiger partial charge in [-0.05, 0) is 17.7 Å². The van der Waals surface area contributed by atoms with Gasteiger partial charge >= 0.3 is 18.1 Å². The van der Waals surface area contributed by atoms with Crippen molar-refractivity contribution in [3.63, 3.8) is 0 Å². The maximum Gasteiger partial charge on any atom is 0.416 e. The summed E-state index contributed by atoms with van der Waals surface area (Å²) in [5.74, 6) is -7.97. The molecule has 21 heavy (non-hydrogen) atoms. The molecule has 0 saturated heterocycles. The van der Waals surface area contributed by atoms with Gasteiger partial charge < -0.3 is 10.0 Å². The molecule has 9 heteroatoms. The summed E-state index contributed by atoms with van der Waals surface area (Å²) < 4.78 is 65.7. The molecule has 4 nitrogen and oxygen atoms in total. The molecule has 0 aliphatic carbocycles. The number of carbonyl (C=O) groups excluding carboxylic acids is 1. The topological polar surface area (TPSA) is 57.6 Å². The number of carboxylic acid groups (broad SMARTS) is 1. The molecule has 2 rings (SSSR count). The average Bonchev–Trinajstić information content (AvgIpc) is 2.63. The third-order valence-electron chi connectivity index (χ3n) is 3.16. The van der Waals surface area contributed by atoms with Crippen molar-refractivity contribution in [1.29, 1.82) is 0 Å². The Morgan fingerprint density at radius 3 is 2.29 bits per heavy atom. The summed E-state index contributed by atoms with van der Waals surface area (Å²) >= 11 is 0. The van der Waals surface area contributed by atoms with Crippen LogP contribution in [0.5, 0.6) is 0 Å². The van der Waals surface area contributed by atoms with Crippen LogP contribution in [0.2, 0.25) is 0 Å². The lowest BCUT2D eigenvalue weighted by atomic mass is 9.96. The lowest BCUT2D eigenvalue weighted by Gasteiger charge is -2.17. The first-order valence-electron chi connectivity index (χ1n) is 5.57. The van der Waals surface area contributed by atoms with Crippen molar-refractivity contribution in [2.24, 2.45) is 0 Å². The third kappa shape index (κ3) is 2.32. The van der Waals surface area contributed by atoms with Crippen molar-refractivity contribution < 1.29 is 36.6 Å². The molecule has 0 spiro atoms. The summed E-state index contributed by atoms with van der Waals surface area (Å²) in [7, 11) is 1.22. The fourth-order valence-electron chi connectivity index (χ4n) is 2.11. The summed E-state index contributed by atoms with van der Waals surface area (Å²) in [5, 5.41) is 8.43. The molecular weight excluding hydrogens is 301 g/mol. The van der Waals surface area contributed by atoms with Gasteiger partial charge in [0.2, 0.25) is 0 Å². The van der Waals surface area contributed by atoms with Gasteiger partial charge in [0.05, 0.1) is 5.56 Å². The molecule has 1 amide bonds. The second-order valence-corrected chi connectivity index (χ2v) is 4.59. The summed E-state index contributed by atoms with van der Waals surface area (Å²) in [4.78, 5) is 23.1. The number of fused-ring (bicyclic) bond motifs is 1. The highest BCUT2D eigenvalue weighted by Crippen LogP contribution is 2.41.